The number of aromatic nitrogens is 1. The van der Waals surface area contributed by atoms with Crippen molar-refractivity contribution >= 4 is 52.6 Å². The van der Waals surface area contributed by atoms with Gasteiger partial charge >= 0.3 is 0 Å². The third-order valence-corrected chi connectivity index (χ3v) is 5.82. The van der Waals surface area contributed by atoms with Crippen LogP contribution in [0.5, 0.6) is 0 Å². The van der Waals surface area contributed by atoms with E-state index in [1.807, 2.05) is 6.92 Å². The first-order chi connectivity index (χ1) is 10.7. The number of hydrogen-bond acceptors (Lipinski definition) is 4. The lowest BCUT2D eigenvalue weighted by atomic mass is 10.2. The Morgan fingerprint density at radius 2 is 2.17 bits per heavy atom. The van der Waals surface area contributed by atoms with E-state index >= 15 is 0 Å². The summed E-state index contributed by atoms with van der Waals surface area (Å²) in [5.74, 6) is 0.596. The Kier molecular flexibility index (Phi) is 7.29. The lowest BCUT2D eigenvalue weighted by molar-refractivity contribution is 0.625. The van der Waals surface area contributed by atoms with Crippen LogP contribution in [0.25, 0.3) is 10.6 Å². The second-order valence-electron chi connectivity index (χ2n) is 5.66. The van der Waals surface area contributed by atoms with Crippen molar-refractivity contribution in [3.05, 3.63) is 27.4 Å². The van der Waals surface area contributed by atoms with Gasteiger partial charge in [-0.05, 0) is 31.9 Å². The summed E-state index contributed by atoms with van der Waals surface area (Å²) in [5, 5.41) is 6.55. The lowest BCUT2D eigenvalue weighted by Crippen LogP contribution is -2.38. The minimum Gasteiger partial charge on any atom is -0.370 e. The summed E-state index contributed by atoms with van der Waals surface area (Å²) in [6, 6.07) is 4.85. The molecule has 23 heavy (non-hydrogen) atoms. The number of nitrogens with two attached hydrogens (primary N) is 1. The maximum atomic E-state index is 5.95. The molecule has 2 aromatic rings. The fourth-order valence-corrected chi connectivity index (χ4v) is 4.38. The first kappa shape index (κ1) is 18.7. The van der Waals surface area contributed by atoms with E-state index in [0.29, 0.717) is 12.0 Å². The van der Waals surface area contributed by atoms with Crippen LogP contribution in [0.2, 0.25) is 0 Å². The van der Waals surface area contributed by atoms with Gasteiger partial charge < -0.3 is 11.1 Å². The van der Waals surface area contributed by atoms with Gasteiger partial charge in [0.1, 0.15) is 0 Å². The van der Waals surface area contributed by atoms with Crippen molar-refractivity contribution in [1.82, 2.24) is 10.3 Å². The highest BCUT2D eigenvalue weighted by molar-refractivity contribution is 14.0. The Bertz CT molecular complexity index is 644. The van der Waals surface area contributed by atoms with E-state index in [1.165, 1.54) is 35.4 Å². The number of halogens is 1. The molecule has 0 atom stereocenters. The first-order valence-electron chi connectivity index (χ1n) is 7.78. The van der Waals surface area contributed by atoms with Crippen LogP contribution in [-0.4, -0.2) is 23.5 Å². The molecule has 1 fully saturated rings. The summed E-state index contributed by atoms with van der Waals surface area (Å²) in [6.45, 7) is 2.78. The smallest absolute Gasteiger partial charge is 0.188 e. The number of guanidine groups is 1. The summed E-state index contributed by atoms with van der Waals surface area (Å²) >= 11 is 3.49. The predicted octanol–water partition coefficient (Wildman–Crippen LogP) is 4.19. The van der Waals surface area contributed by atoms with Gasteiger partial charge in [0.25, 0.3) is 0 Å². The molecule has 7 heteroatoms. The van der Waals surface area contributed by atoms with Gasteiger partial charge in [-0.1, -0.05) is 12.8 Å². The average molecular weight is 462 g/mol. The molecule has 0 spiro atoms. The highest BCUT2D eigenvalue weighted by Gasteiger charge is 2.14. The molecule has 3 N–H and O–H groups in total. The Hall–Kier alpha value is -0.670. The Morgan fingerprint density at radius 3 is 2.87 bits per heavy atom. The van der Waals surface area contributed by atoms with Crippen LogP contribution < -0.4 is 11.1 Å². The summed E-state index contributed by atoms with van der Waals surface area (Å²) in [4.78, 5) is 11.5. The molecule has 2 heterocycles. The van der Waals surface area contributed by atoms with E-state index in [4.69, 9.17) is 5.73 Å². The molecule has 0 aliphatic heterocycles. The standard InChI is InChI=1S/C16H22N4S2.HI/c1-11-19-14(10-21-11)15-7-6-13(22-15)8-9-18-16(17)20-12-4-2-3-5-12;/h6-7,10,12H,2-5,8-9H2,1H3,(H3,17,18,20);1H. The monoisotopic (exact) mass is 462 g/mol. The van der Waals surface area contributed by atoms with Crippen molar-refractivity contribution in [1.29, 1.82) is 0 Å². The molecule has 4 nitrogen and oxygen atoms in total. The van der Waals surface area contributed by atoms with Crippen molar-refractivity contribution in [2.45, 2.75) is 45.1 Å². The van der Waals surface area contributed by atoms with Gasteiger partial charge in [-0.2, -0.15) is 0 Å². The minimum absolute atomic E-state index is 0. The fourth-order valence-electron chi connectivity index (χ4n) is 2.74. The molecule has 0 saturated heterocycles. The van der Waals surface area contributed by atoms with Crippen LogP contribution in [0.3, 0.4) is 0 Å². The summed E-state index contributed by atoms with van der Waals surface area (Å²) in [7, 11) is 0. The van der Waals surface area contributed by atoms with E-state index in [9.17, 15) is 0 Å². The molecule has 1 saturated carbocycles. The molecular formula is C16H23IN4S2. The Balaban J connectivity index is 0.00000192. The normalized spacial score (nSPS) is 15.6. The van der Waals surface area contributed by atoms with Crippen molar-refractivity contribution in [2.24, 2.45) is 10.7 Å². The Labute approximate surface area is 162 Å². The van der Waals surface area contributed by atoms with Crippen LogP contribution in [0.1, 0.15) is 35.6 Å². The molecule has 0 radical (unpaired) electrons. The van der Waals surface area contributed by atoms with Crippen LogP contribution in [0.15, 0.2) is 22.5 Å². The SMILES string of the molecule is Cc1nc(-c2ccc(CCN=C(N)NC3CCCC3)s2)cs1.I. The third kappa shape index (κ3) is 5.42. The molecule has 0 bridgehead atoms. The average Bonchev–Trinajstić information content (AvgIpc) is 3.20. The van der Waals surface area contributed by atoms with Crippen molar-refractivity contribution in [3.63, 3.8) is 0 Å². The molecule has 0 amide bonds. The van der Waals surface area contributed by atoms with Gasteiger partial charge in [-0.25, -0.2) is 4.98 Å². The number of aliphatic imine (C=N–C) groups is 1. The van der Waals surface area contributed by atoms with Crippen LogP contribution in [-0.2, 0) is 6.42 Å². The van der Waals surface area contributed by atoms with Crippen LogP contribution in [0, 0.1) is 6.92 Å². The largest absolute Gasteiger partial charge is 0.370 e. The van der Waals surface area contributed by atoms with Gasteiger partial charge in [0, 0.05) is 29.3 Å². The van der Waals surface area contributed by atoms with Crippen molar-refractivity contribution in [2.75, 3.05) is 6.54 Å². The maximum absolute atomic E-state index is 5.95. The second-order valence-corrected chi connectivity index (χ2v) is 7.89. The number of aryl methyl sites for hydroxylation is 1. The van der Waals surface area contributed by atoms with Gasteiger partial charge in [-0.15, -0.1) is 46.7 Å². The predicted molar refractivity (Wildman–Crippen MR) is 111 cm³/mol. The van der Waals surface area contributed by atoms with E-state index in [2.05, 4.69) is 32.8 Å². The first-order valence-corrected chi connectivity index (χ1v) is 9.48. The summed E-state index contributed by atoms with van der Waals surface area (Å²) < 4.78 is 0. The molecule has 1 aliphatic rings. The zero-order chi connectivity index (χ0) is 15.4. The molecule has 0 unspecified atom stereocenters. The molecular weight excluding hydrogens is 439 g/mol. The number of nitrogens with zero attached hydrogens (tertiary/aromatic N) is 2. The zero-order valence-corrected chi connectivity index (χ0v) is 17.2. The molecule has 2 aromatic heterocycles. The van der Waals surface area contributed by atoms with E-state index in [0.717, 1.165) is 23.7 Å². The highest BCUT2D eigenvalue weighted by atomic mass is 127. The van der Waals surface area contributed by atoms with Crippen molar-refractivity contribution < 1.29 is 0 Å². The van der Waals surface area contributed by atoms with Crippen molar-refractivity contribution in [3.8, 4) is 10.6 Å². The third-order valence-electron chi connectivity index (χ3n) is 3.88. The molecule has 126 valence electrons. The zero-order valence-electron chi connectivity index (χ0n) is 13.2. The topological polar surface area (TPSA) is 63.3 Å². The van der Waals surface area contributed by atoms with Gasteiger partial charge in [0.05, 0.1) is 15.6 Å². The van der Waals surface area contributed by atoms with Gasteiger partial charge in [0.2, 0.25) is 0 Å². The van der Waals surface area contributed by atoms with Gasteiger partial charge in [0.15, 0.2) is 5.96 Å². The van der Waals surface area contributed by atoms with E-state index < -0.39 is 0 Å². The van der Waals surface area contributed by atoms with Crippen LogP contribution >= 0.6 is 46.7 Å². The fraction of sp³-hybridized carbons (Fsp3) is 0.500. The quantitative estimate of drug-likeness (QED) is 0.398. The summed E-state index contributed by atoms with van der Waals surface area (Å²) in [5.41, 5.74) is 7.04. The molecule has 3 rings (SSSR count). The highest BCUT2D eigenvalue weighted by Crippen LogP contribution is 2.29. The maximum Gasteiger partial charge on any atom is 0.188 e. The number of hydrogen-bond donors (Lipinski definition) is 2. The number of thiazole rings is 1. The van der Waals surface area contributed by atoms with E-state index in [1.54, 1.807) is 22.7 Å². The minimum atomic E-state index is 0. The number of rotatable bonds is 5. The Morgan fingerprint density at radius 1 is 1.39 bits per heavy atom. The lowest BCUT2D eigenvalue weighted by Gasteiger charge is -2.11. The molecule has 0 aromatic carbocycles. The number of nitrogens with one attached hydrogen (secondary N) is 1. The second kappa shape index (κ2) is 8.98. The number of thiophene rings is 1. The van der Waals surface area contributed by atoms with Crippen LogP contribution in [0.4, 0.5) is 0 Å². The van der Waals surface area contributed by atoms with E-state index in [-0.39, 0.29) is 24.0 Å². The van der Waals surface area contributed by atoms with Gasteiger partial charge in [-0.3, -0.25) is 4.99 Å². The summed E-state index contributed by atoms with van der Waals surface area (Å²) in [6.07, 6.45) is 5.98. The molecule has 1 aliphatic carbocycles.